The Morgan fingerprint density at radius 2 is 0.917 bits per heavy atom. The Labute approximate surface area is 215 Å². The lowest BCUT2D eigenvalue weighted by molar-refractivity contribution is -0.688. The summed E-state index contributed by atoms with van der Waals surface area (Å²) in [6, 6.07) is 14.3. The van der Waals surface area contributed by atoms with Gasteiger partial charge in [-0.25, -0.2) is 18.3 Å². The largest absolute Gasteiger partial charge is 0.870 e. The van der Waals surface area contributed by atoms with Crippen molar-refractivity contribution < 1.29 is 20.1 Å². The van der Waals surface area contributed by atoms with E-state index in [9.17, 15) is 0 Å². The van der Waals surface area contributed by atoms with Crippen LogP contribution in [0.15, 0.2) is 73.8 Å². The van der Waals surface area contributed by atoms with E-state index in [2.05, 4.69) is 134 Å². The molecule has 192 valence electrons. The summed E-state index contributed by atoms with van der Waals surface area (Å²) in [6.45, 7) is 17.3. The maximum absolute atomic E-state index is 2.38. The third kappa shape index (κ3) is 6.12. The molecular weight excluding hydrogens is 448 g/mol. The molecule has 1 aliphatic heterocycles. The topological polar surface area (TPSA) is 77.6 Å². The first-order chi connectivity index (χ1) is 16.0. The summed E-state index contributed by atoms with van der Waals surface area (Å²) < 4.78 is 9.20. The zero-order valence-corrected chi connectivity index (χ0v) is 22.4. The monoisotopic (exact) mass is 488 g/mol. The lowest BCUT2D eigenvalue weighted by Gasteiger charge is -2.21. The number of benzene rings is 2. The molecule has 0 saturated carbocycles. The van der Waals surface area contributed by atoms with Crippen LogP contribution >= 0.6 is 0 Å². The summed E-state index contributed by atoms with van der Waals surface area (Å²) >= 11 is 0. The quantitative estimate of drug-likeness (QED) is 0.298. The van der Waals surface area contributed by atoms with Crippen molar-refractivity contribution in [1.29, 1.82) is 0 Å². The third-order valence-corrected chi connectivity index (χ3v) is 6.79. The molecule has 0 radical (unpaired) electrons. The Balaban J connectivity index is 0.00000180. The first-order valence-electron chi connectivity index (χ1n) is 12.4. The van der Waals surface area contributed by atoms with Crippen LogP contribution in [0.5, 0.6) is 0 Å². The molecule has 6 heteroatoms. The molecule has 0 fully saturated rings. The van der Waals surface area contributed by atoms with E-state index in [0.29, 0.717) is 0 Å². The van der Waals surface area contributed by atoms with Gasteiger partial charge in [-0.2, -0.15) is 0 Å². The predicted octanol–water partition coefficient (Wildman–Crippen LogP) is 4.61. The molecule has 2 aromatic carbocycles. The van der Waals surface area contributed by atoms with Crippen LogP contribution in [0.2, 0.25) is 0 Å². The minimum Gasteiger partial charge on any atom is -0.870 e. The van der Waals surface area contributed by atoms with Crippen molar-refractivity contribution in [3.05, 3.63) is 107 Å². The Hall–Kier alpha value is -3.22. The summed E-state index contributed by atoms with van der Waals surface area (Å²) in [7, 11) is 0. The highest BCUT2D eigenvalue weighted by molar-refractivity contribution is 5.35. The minimum absolute atomic E-state index is 0. The average molecular weight is 489 g/mol. The van der Waals surface area contributed by atoms with Gasteiger partial charge < -0.3 is 11.0 Å². The molecule has 8 bridgehead atoms. The van der Waals surface area contributed by atoms with Crippen LogP contribution in [0, 0.1) is 0 Å². The summed E-state index contributed by atoms with van der Waals surface area (Å²) in [5.74, 6) is 0. The molecule has 36 heavy (non-hydrogen) atoms. The first-order valence-corrected chi connectivity index (χ1v) is 12.4. The van der Waals surface area contributed by atoms with Crippen molar-refractivity contribution in [2.24, 2.45) is 0 Å². The Kier molecular flexibility index (Phi) is 7.63. The summed E-state index contributed by atoms with van der Waals surface area (Å²) in [5, 5.41) is 0. The maximum atomic E-state index is 2.38. The van der Waals surface area contributed by atoms with Gasteiger partial charge in [0.25, 0.3) is 0 Å². The van der Waals surface area contributed by atoms with Crippen molar-refractivity contribution in [2.45, 2.75) is 78.6 Å². The second-order valence-electron chi connectivity index (χ2n) is 12.1. The second-order valence-corrected chi connectivity index (χ2v) is 12.1. The number of imidazole rings is 2. The van der Waals surface area contributed by atoms with Crippen LogP contribution in [0.3, 0.4) is 0 Å². The van der Waals surface area contributed by atoms with E-state index in [0.717, 1.165) is 26.2 Å². The van der Waals surface area contributed by atoms with Crippen molar-refractivity contribution in [3.8, 4) is 0 Å². The molecule has 0 saturated heterocycles. The van der Waals surface area contributed by atoms with Gasteiger partial charge in [-0.1, -0.05) is 65.8 Å². The lowest BCUT2D eigenvalue weighted by atomic mass is 9.85. The fraction of sp³-hybridized carbons (Fsp3) is 0.400. The van der Waals surface area contributed by atoms with E-state index in [-0.39, 0.29) is 21.8 Å². The van der Waals surface area contributed by atoms with Gasteiger partial charge in [0.2, 0.25) is 12.7 Å². The van der Waals surface area contributed by atoms with Crippen LogP contribution in [0.25, 0.3) is 0 Å². The van der Waals surface area contributed by atoms with Gasteiger partial charge in [0.15, 0.2) is 0 Å². The SMILES string of the molecule is CC(C)(C)c1cc2cc(c1)Cn1cc[n+](c1)Cc1cc(cc(C(C)(C)C)c1)C[n+]1ccn(c1)C2.[OH-].[OH-]. The molecule has 6 nitrogen and oxygen atoms in total. The van der Waals surface area contributed by atoms with Crippen LogP contribution < -0.4 is 9.13 Å². The molecule has 2 aromatic heterocycles. The van der Waals surface area contributed by atoms with E-state index in [1.807, 2.05) is 0 Å². The Bertz CT molecular complexity index is 1150. The highest BCUT2D eigenvalue weighted by atomic mass is 16.0. The van der Waals surface area contributed by atoms with Crippen molar-refractivity contribution >= 4 is 0 Å². The van der Waals surface area contributed by atoms with Crippen LogP contribution in [0.4, 0.5) is 0 Å². The number of aromatic nitrogens is 4. The van der Waals surface area contributed by atoms with Crippen LogP contribution in [0.1, 0.15) is 74.9 Å². The first kappa shape index (κ1) is 27.4. The van der Waals surface area contributed by atoms with Crippen molar-refractivity contribution in [3.63, 3.8) is 0 Å². The average Bonchev–Trinajstić information content (AvgIpc) is 3.35. The molecule has 0 spiro atoms. The van der Waals surface area contributed by atoms with Gasteiger partial charge in [0, 0.05) is 0 Å². The Morgan fingerprint density at radius 3 is 1.31 bits per heavy atom. The number of hydrogen-bond donors (Lipinski definition) is 0. The maximum Gasteiger partial charge on any atom is 0.244 e. The zero-order chi connectivity index (χ0) is 24.1. The number of rotatable bonds is 0. The number of hydrogen-bond acceptors (Lipinski definition) is 2. The van der Waals surface area contributed by atoms with E-state index in [1.54, 1.807) is 0 Å². The Morgan fingerprint density at radius 1 is 0.556 bits per heavy atom. The summed E-state index contributed by atoms with van der Waals surface area (Å²) in [6.07, 6.45) is 13.3. The second kappa shape index (κ2) is 10.0. The van der Waals surface area contributed by atoms with Crippen LogP contribution in [-0.2, 0) is 37.0 Å². The smallest absolute Gasteiger partial charge is 0.244 e. The van der Waals surface area contributed by atoms with E-state index in [4.69, 9.17) is 0 Å². The molecule has 3 heterocycles. The third-order valence-electron chi connectivity index (χ3n) is 6.79. The van der Waals surface area contributed by atoms with Gasteiger partial charge >= 0.3 is 0 Å². The molecule has 1 aliphatic rings. The van der Waals surface area contributed by atoms with Gasteiger partial charge in [0.1, 0.15) is 51.0 Å². The molecule has 0 aliphatic carbocycles. The highest BCUT2D eigenvalue weighted by Crippen LogP contribution is 2.26. The predicted molar refractivity (Wildman–Crippen MR) is 140 cm³/mol. The lowest BCUT2D eigenvalue weighted by Crippen LogP contribution is -2.33. The fourth-order valence-electron chi connectivity index (χ4n) is 4.85. The molecule has 2 N–H and O–H groups in total. The van der Waals surface area contributed by atoms with Crippen LogP contribution in [-0.4, -0.2) is 20.1 Å². The normalized spacial score (nSPS) is 13.5. The van der Waals surface area contributed by atoms with E-state index in [1.165, 1.54) is 33.4 Å². The van der Waals surface area contributed by atoms with E-state index < -0.39 is 0 Å². The summed E-state index contributed by atoms with van der Waals surface area (Å²) in [4.78, 5) is 0. The van der Waals surface area contributed by atoms with Gasteiger partial charge in [-0.3, -0.25) is 0 Å². The molecule has 0 amide bonds. The number of nitrogens with zero attached hydrogens (tertiary/aromatic N) is 4. The summed E-state index contributed by atoms with van der Waals surface area (Å²) in [5.41, 5.74) is 8.45. The van der Waals surface area contributed by atoms with E-state index >= 15 is 0 Å². The fourth-order valence-corrected chi connectivity index (χ4v) is 4.85. The van der Waals surface area contributed by atoms with Crippen molar-refractivity contribution in [1.82, 2.24) is 9.13 Å². The van der Waals surface area contributed by atoms with Gasteiger partial charge in [0.05, 0.1) is 0 Å². The van der Waals surface area contributed by atoms with Gasteiger partial charge in [-0.05, 0) is 56.3 Å². The molecule has 5 rings (SSSR count). The van der Waals surface area contributed by atoms with Crippen molar-refractivity contribution in [2.75, 3.05) is 0 Å². The standard InChI is InChI=1S/C30H38N4.2H2O/c1-29(2,3)27-13-23-11-24(14-27)18-32-8-10-34(22-32)20-26-12-25(15-28(16-26)30(4,5)6)19-33-9-7-31(17-23)21-33;;/h7-16,21-22H,17-20H2,1-6H3;2*1H2/q+2;;/p-2. The molecule has 4 aromatic rings. The zero-order valence-electron chi connectivity index (χ0n) is 22.4. The minimum atomic E-state index is 0. The molecule has 0 unspecified atom stereocenters. The highest BCUT2D eigenvalue weighted by Gasteiger charge is 2.20. The molecule has 0 atom stereocenters. The molecular formula is C30H40N4O2. The van der Waals surface area contributed by atoms with Gasteiger partial charge in [-0.15, -0.1) is 0 Å². The number of fused-ring (bicyclic) bond motifs is 8.